The summed E-state index contributed by atoms with van der Waals surface area (Å²) < 4.78 is 43.9. The monoisotopic (exact) mass is 480 g/mol. The molecule has 33 heavy (non-hydrogen) atoms. The zero-order valence-electron chi connectivity index (χ0n) is 18.3. The molecule has 6 nitrogen and oxygen atoms in total. The predicted octanol–water partition coefficient (Wildman–Crippen LogP) is 4.93. The zero-order valence-corrected chi connectivity index (χ0v) is 19.1. The lowest BCUT2D eigenvalue weighted by Gasteiger charge is -2.23. The van der Waals surface area contributed by atoms with Gasteiger partial charge in [0.2, 0.25) is 5.91 Å². The second-order valence-electron chi connectivity index (χ2n) is 8.46. The van der Waals surface area contributed by atoms with Crippen LogP contribution < -0.4 is 10.9 Å². The SMILES string of the molecule is Cc1c(Cl)cccc1-n1nc(C)c2c(C(F)(F)F)cc(=O)n(CC(=O)NC3CCCCC3)c21. The third-order valence-electron chi connectivity index (χ3n) is 6.14. The van der Waals surface area contributed by atoms with Crippen molar-refractivity contribution in [2.24, 2.45) is 0 Å². The molecule has 4 rings (SSSR count). The molecule has 1 aromatic carbocycles. The average molecular weight is 481 g/mol. The van der Waals surface area contributed by atoms with Gasteiger partial charge in [0, 0.05) is 17.1 Å². The molecule has 0 saturated heterocycles. The van der Waals surface area contributed by atoms with E-state index in [4.69, 9.17) is 11.6 Å². The van der Waals surface area contributed by atoms with Gasteiger partial charge >= 0.3 is 6.18 Å². The fourth-order valence-corrected chi connectivity index (χ4v) is 4.66. The Hall–Kier alpha value is -2.81. The number of benzene rings is 1. The van der Waals surface area contributed by atoms with Gasteiger partial charge in [-0.2, -0.15) is 18.3 Å². The first-order valence-corrected chi connectivity index (χ1v) is 11.2. The molecule has 1 amide bonds. The highest BCUT2D eigenvalue weighted by Gasteiger charge is 2.36. The number of carbonyl (C=O) groups excluding carboxylic acids is 1. The molecule has 1 aliphatic rings. The van der Waals surface area contributed by atoms with Gasteiger partial charge in [-0.3, -0.25) is 14.2 Å². The highest BCUT2D eigenvalue weighted by atomic mass is 35.5. The molecule has 0 bridgehead atoms. The van der Waals surface area contributed by atoms with Crippen LogP contribution >= 0.6 is 11.6 Å². The zero-order chi connectivity index (χ0) is 23.9. The maximum Gasteiger partial charge on any atom is 0.417 e. The van der Waals surface area contributed by atoms with Crippen LogP contribution in [0.15, 0.2) is 29.1 Å². The van der Waals surface area contributed by atoms with Gasteiger partial charge in [0.05, 0.1) is 22.3 Å². The predicted molar refractivity (Wildman–Crippen MR) is 120 cm³/mol. The molecule has 0 atom stereocenters. The van der Waals surface area contributed by atoms with E-state index < -0.39 is 29.8 Å². The minimum Gasteiger partial charge on any atom is -0.352 e. The Labute approximate surface area is 193 Å². The summed E-state index contributed by atoms with van der Waals surface area (Å²) in [5, 5.41) is 7.44. The third kappa shape index (κ3) is 4.51. The number of aromatic nitrogens is 3. The second-order valence-corrected chi connectivity index (χ2v) is 8.87. The van der Waals surface area contributed by atoms with Crippen molar-refractivity contribution in [3.63, 3.8) is 0 Å². The number of nitrogens with one attached hydrogen (secondary N) is 1. The molecule has 1 aliphatic carbocycles. The largest absolute Gasteiger partial charge is 0.417 e. The van der Waals surface area contributed by atoms with Crippen LogP contribution in [0.5, 0.6) is 0 Å². The molecule has 1 fully saturated rings. The first-order chi connectivity index (χ1) is 15.6. The van der Waals surface area contributed by atoms with E-state index in [9.17, 15) is 22.8 Å². The van der Waals surface area contributed by atoms with Crippen molar-refractivity contribution in [3.05, 3.63) is 56.5 Å². The molecule has 2 heterocycles. The van der Waals surface area contributed by atoms with E-state index in [1.54, 1.807) is 25.1 Å². The number of alkyl halides is 3. The van der Waals surface area contributed by atoms with Crippen molar-refractivity contribution in [2.45, 2.75) is 64.7 Å². The lowest BCUT2D eigenvalue weighted by atomic mass is 9.95. The maximum atomic E-state index is 13.9. The van der Waals surface area contributed by atoms with Crippen LogP contribution in [0.3, 0.4) is 0 Å². The molecule has 0 spiro atoms. The molecule has 0 radical (unpaired) electrons. The summed E-state index contributed by atoms with van der Waals surface area (Å²) >= 11 is 6.24. The number of carbonyl (C=O) groups is 1. The van der Waals surface area contributed by atoms with Crippen molar-refractivity contribution in [1.82, 2.24) is 19.7 Å². The topological polar surface area (TPSA) is 68.9 Å². The molecule has 1 N–H and O–H groups in total. The number of halogens is 4. The van der Waals surface area contributed by atoms with Gasteiger partial charge in [-0.05, 0) is 44.4 Å². The van der Waals surface area contributed by atoms with E-state index in [-0.39, 0.29) is 22.8 Å². The second kappa shape index (κ2) is 8.85. The fraction of sp³-hybridized carbons (Fsp3) is 0.435. The minimum absolute atomic E-state index is 0.00807. The number of hydrogen-bond donors (Lipinski definition) is 1. The molecule has 0 aliphatic heterocycles. The molecule has 0 unspecified atom stereocenters. The van der Waals surface area contributed by atoms with E-state index in [0.717, 1.165) is 36.7 Å². The summed E-state index contributed by atoms with van der Waals surface area (Å²) in [5.74, 6) is -0.418. The summed E-state index contributed by atoms with van der Waals surface area (Å²) in [6.45, 7) is 2.76. The van der Waals surface area contributed by atoms with Crippen molar-refractivity contribution in [2.75, 3.05) is 0 Å². The first kappa shape index (κ1) is 23.4. The van der Waals surface area contributed by atoms with Gasteiger partial charge in [0.15, 0.2) is 0 Å². The normalized spacial score (nSPS) is 15.2. The van der Waals surface area contributed by atoms with Gasteiger partial charge < -0.3 is 5.32 Å². The van der Waals surface area contributed by atoms with E-state index >= 15 is 0 Å². The molecule has 1 saturated carbocycles. The molecular weight excluding hydrogens is 457 g/mol. The van der Waals surface area contributed by atoms with E-state index in [0.29, 0.717) is 22.3 Å². The van der Waals surface area contributed by atoms with E-state index in [2.05, 4.69) is 10.4 Å². The van der Waals surface area contributed by atoms with E-state index in [1.165, 1.54) is 11.6 Å². The number of fused-ring (bicyclic) bond motifs is 1. The smallest absolute Gasteiger partial charge is 0.352 e. The van der Waals surface area contributed by atoms with Crippen LogP contribution in [0.1, 0.15) is 48.9 Å². The van der Waals surface area contributed by atoms with Crippen molar-refractivity contribution in [1.29, 1.82) is 0 Å². The van der Waals surface area contributed by atoms with Crippen LogP contribution in [-0.2, 0) is 17.5 Å². The third-order valence-corrected chi connectivity index (χ3v) is 6.55. The highest BCUT2D eigenvalue weighted by Crippen LogP contribution is 2.36. The van der Waals surface area contributed by atoms with Crippen LogP contribution in [0.25, 0.3) is 16.7 Å². The quantitative estimate of drug-likeness (QED) is 0.576. The number of amides is 1. The highest BCUT2D eigenvalue weighted by molar-refractivity contribution is 6.31. The Kier molecular flexibility index (Phi) is 6.26. The number of pyridine rings is 1. The lowest BCUT2D eigenvalue weighted by Crippen LogP contribution is -2.40. The Morgan fingerprint density at radius 1 is 1.21 bits per heavy atom. The summed E-state index contributed by atoms with van der Waals surface area (Å²) in [6, 6.07) is 5.52. The maximum absolute atomic E-state index is 13.9. The summed E-state index contributed by atoms with van der Waals surface area (Å²) in [4.78, 5) is 25.7. The Morgan fingerprint density at radius 3 is 2.58 bits per heavy atom. The molecule has 176 valence electrons. The molecule has 10 heteroatoms. The van der Waals surface area contributed by atoms with Gasteiger partial charge in [-0.25, -0.2) is 4.68 Å². The number of nitrogens with zero attached hydrogens (tertiary/aromatic N) is 3. The Bertz CT molecular complexity index is 1270. The van der Waals surface area contributed by atoms with Crippen molar-refractivity contribution in [3.8, 4) is 5.69 Å². The minimum atomic E-state index is -4.76. The molecular formula is C23H24ClF3N4O2. The Balaban J connectivity index is 1.90. The van der Waals surface area contributed by atoms with Gasteiger partial charge in [0.1, 0.15) is 12.2 Å². The first-order valence-electron chi connectivity index (χ1n) is 10.8. The van der Waals surface area contributed by atoms with Gasteiger partial charge in [0.25, 0.3) is 5.56 Å². The van der Waals surface area contributed by atoms with Gasteiger partial charge in [-0.15, -0.1) is 0 Å². The lowest BCUT2D eigenvalue weighted by molar-refractivity contribution is -0.136. The van der Waals surface area contributed by atoms with Crippen LogP contribution in [0.2, 0.25) is 5.02 Å². The van der Waals surface area contributed by atoms with Crippen molar-refractivity contribution < 1.29 is 18.0 Å². The summed E-state index contributed by atoms with van der Waals surface area (Å²) in [5.41, 5.74) is -0.966. The Morgan fingerprint density at radius 2 is 1.91 bits per heavy atom. The van der Waals surface area contributed by atoms with Crippen LogP contribution in [0, 0.1) is 13.8 Å². The van der Waals surface area contributed by atoms with Gasteiger partial charge in [-0.1, -0.05) is 36.9 Å². The number of aryl methyl sites for hydroxylation is 1. The van der Waals surface area contributed by atoms with E-state index in [1.807, 2.05) is 0 Å². The number of hydrogen-bond acceptors (Lipinski definition) is 3. The summed E-state index contributed by atoms with van der Waals surface area (Å²) in [6.07, 6.45) is 0.0696. The van der Waals surface area contributed by atoms with Crippen molar-refractivity contribution >= 4 is 28.5 Å². The van der Waals surface area contributed by atoms with Crippen LogP contribution in [-0.4, -0.2) is 26.3 Å². The standard InChI is InChI=1S/C23H24ClF3N4O2/c1-13-17(24)9-6-10-18(13)31-22-21(14(2)29-31)16(23(25,26)27)11-20(33)30(22)12-19(32)28-15-7-4-3-5-8-15/h6,9-11,15H,3-5,7-8,12H2,1-2H3,(H,28,32). The number of rotatable bonds is 4. The average Bonchev–Trinajstić information content (AvgIpc) is 3.08. The summed E-state index contributed by atoms with van der Waals surface area (Å²) in [7, 11) is 0. The fourth-order valence-electron chi connectivity index (χ4n) is 4.49. The molecule has 2 aromatic heterocycles. The molecule has 3 aromatic rings. The van der Waals surface area contributed by atoms with Crippen LogP contribution in [0.4, 0.5) is 13.2 Å².